The molecular weight excluding hydrogens is 458 g/mol. The molecule has 1 saturated heterocycles. The molecule has 3 amide bonds. The number of nitrogens with zero attached hydrogens (tertiary/aromatic N) is 2. The molecule has 0 aliphatic carbocycles. The Kier molecular flexibility index (Phi) is 7.51. The second-order valence-corrected chi connectivity index (χ2v) is 9.71. The van der Waals surface area contributed by atoms with Gasteiger partial charge in [-0.2, -0.15) is 4.31 Å². The van der Waals surface area contributed by atoms with E-state index in [0.29, 0.717) is 11.5 Å². The molecule has 3 rings (SSSR count). The van der Waals surface area contributed by atoms with Gasteiger partial charge in [0.25, 0.3) is 11.1 Å². The number of hydroxylamine groups is 1. The van der Waals surface area contributed by atoms with E-state index in [1.165, 1.54) is 36.8 Å². The summed E-state index contributed by atoms with van der Waals surface area (Å²) in [5.74, 6) is -0.383. The third-order valence-corrected chi connectivity index (χ3v) is 7.54. The van der Waals surface area contributed by atoms with Crippen LogP contribution in [0.2, 0.25) is 0 Å². The lowest BCUT2D eigenvalue weighted by Gasteiger charge is -2.27. The third-order valence-electron chi connectivity index (χ3n) is 4.80. The minimum atomic E-state index is -4.14. The molecule has 12 heteroatoms. The number of sulfonamides is 1. The van der Waals surface area contributed by atoms with Crippen molar-refractivity contribution < 1.29 is 32.7 Å². The minimum Gasteiger partial charge on any atom is -0.457 e. The van der Waals surface area contributed by atoms with Gasteiger partial charge in [-0.05, 0) is 42.8 Å². The molecule has 1 fully saturated rings. The molecule has 0 spiro atoms. The number of carbonyl (C=O) groups excluding carboxylic acids is 3. The summed E-state index contributed by atoms with van der Waals surface area (Å²) in [7, 11) is -2.96. The van der Waals surface area contributed by atoms with Gasteiger partial charge in [0.1, 0.15) is 17.5 Å². The van der Waals surface area contributed by atoms with E-state index in [4.69, 9.17) is 9.94 Å². The summed E-state index contributed by atoms with van der Waals surface area (Å²) in [6.07, 6.45) is -0.185. The lowest BCUT2D eigenvalue weighted by Crippen LogP contribution is -2.48. The van der Waals surface area contributed by atoms with E-state index in [1.807, 2.05) is 6.07 Å². The van der Waals surface area contributed by atoms with Crippen molar-refractivity contribution in [2.75, 3.05) is 19.3 Å². The van der Waals surface area contributed by atoms with Crippen molar-refractivity contribution in [3.63, 3.8) is 0 Å². The summed E-state index contributed by atoms with van der Waals surface area (Å²) in [6, 6.07) is 13.2. The van der Waals surface area contributed by atoms with Crippen molar-refractivity contribution >= 4 is 38.8 Å². The van der Waals surface area contributed by atoms with Gasteiger partial charge in [-0.1, -0.05) is 30.0 Å². The Hall–Kier alpha value is -2.93. The Morgan fingerprint density at radius 3 is 2.34 bits per heavy atom. The van der Waals surface area contributed by atoms with Crippen LogP contribution in [0.15, 0.2) is 59.5 Å². The highest BCUT2D eigenvalue weighted by molar-refractivity contribution is 8.14. The first-order valence-electron chi connectivity index (χ1n) is 9.46. The van der Waals surface area contributed by atoms with Crippen LogP contribution in [0.4, 0.5) is 4.79 Å². The summed E-state index contributed by atoms with van der Waals surface area (Å²) < 4.78 is 32.6. The first-order chi connectivity index (χ1) is 15.2. The van der Waals surface area contributed by atoms with Crippen molar-refractivity contribution in [3.8, 4) is 11.5 Å². The van der Waals surface area contributed by atoms with Gasteiger partial charge in [0, 0.05) is 13.6 Å². The standard InChI is InChI=1S/C20H21N3O7S2/c1-22(17(19(25)21-27)11-12-23-18(24)13-31-20(23)26)32(28,29)16-9-7-15(8-10-16)30-14-5-3-2-4-6-14/h2-10,17,27H,11-13H2,1H3,(H,21,25). The quantitative estimate of drug-likeness (QED) is 0.412. The molecule has 32 heavy (non-hydrogen) atoms. The highest BCUT2D eigenvalue weighted by Gasteiger charge is 2.36. The normalized spacial score (nSPS) is 15.2. The van der Waals surface area contributed by atoms with Crippen LogP contribution in [-0.4, -0.2) is 65.3 Å². The Morgan fingerprint density at radius 2 is 1.78 bits per heavy atom. The van der Waals surface area contributed by atoms with Crippen molar-refractivity contribution in [2.45, 2.75) is 17.4 Å². The van der Waals surface area contributed by atoms with Crippen LogP contribution in [0.3, 0.4) is 0 Å². The molecule has 0 radical (unpaired) electrons. The smallest absolute Gasteiger partial charge is 0.288 e. The highest BCUT2D eigenvalue weighted by Crippen LogP contribution is 2.25. The van der Waals surface area contributed by atoms with Gasteiger partial charge in [0.15, 0.2) is 0 Å². The second kappa shape index (κ2) is 10.1. The Balaban J connectivity index is 1.75. The number of carbonyl (C=O) groups is 3. The van der Waals surface area contributed by atoms with E-state index < -0.39 is 33.1 Å². The van der Waals surface area contributed by atoms with Crippen LogP contribution in [0.25, 0.3) is 0 Å². The maximum Gasteiger partial charge on any atom is 0.288 e. The number of nitrogens with one attached hydrogen (secondary N) is 1. The fraction of sp³-hybridized carbons (Fsp3) is 0.250. The number of imide groups is 1. The SMILES string of the molecule is CN(C(CCN1C(=O)CSC1=O)C(=O)NO)S(=O)(=O)c1ccc(Oc2ccccc2)cc1. The molecule has 0 bridgehead atoms. The van der Waals surface area contributed by atoms with Crippen molar-refractivity contribution in [2.24, 2.45) is 0 Å². The van der Waals surface area contributed by atoms with Crippen molar-refractivity contribution in [3.05, 3.63) is 54.6 Å². The molecule has 1 aliphatic rings. The molecule has 1 unspecified atom stereocenters. The molecule has 0 aromatic heterocycles. The van der Waals surface area contributed by atoms with E-state index in [9.17, 15) is 22.8 Å². The molecule has 1 aliphatic heterocycles. The van der Waals surface area contributed by atoms with Gasteiger partial charge in [-0.15, -0.1) is 0 Å². The Morgan fingerprint density at radius 1 is 1.16 bits per heavy atom. The summed E-state index contributed by atoms with van der Waals surface area (Å²) in [5.41, 5.74) is 1.45. The zero-order valence-corrected chi connectivity index (χ0v) is 18.6. The third kappa shape index (κ3) is 5.27. The number of hydrogen-bond donors (Lipinski definition) is 2. The largest absolute Gasteiger partial charge is 0.457 e. The molecular formula is C20H21N3O7S2. The average Bonchev–Trinajstić information content (AvgIpc) is 3.12. The van der Waals surface area contributed by atoms with E-state index in [0.717, 1.165) is 21.0 Å². The average molecular weight is 480 g/mol. The molecule has 2 N–H and O–H groups in total. The number of thioether (sulfide) groups is 1. The predicted octanol–water partition coefficient (Wildman–Crippen LogP) is 2.06. The molecule has 10 nitrogen and oxygen atoms in total. The second-order valence-electron chi connectivity index (χ2n) is 6.79. The zero-order chi connectivity index (χ0) is 23.3. The number of hydrogen-bond acceptors (Lipinski definition) is 8. The predicted molar refractivity (Wildman–Crippen MR) is 116 cm³/mol. The fourth-order valence-corrected chi connectivity index (χ4v) is 5.14. The van der Waals surface area contributed by atoms with Crippen LogP contribution < -0.4 is 10.2 Å². The summed E-state index contributed by atoms with van der Waals surface area (Å²) in [5, 5.41) is 8.61. The van der Waals surface area contributed by atoms with Crippen molar-refractivity contribution in [1.29, 1.82) is 0 Å². The molecule has 170 valence electrons. The summed E-state index contributed by atoms with van der Waals surface area (Å²) in [6.45, 7) is -0.160. The number of benzene rings is 2. The number of likely N-dealkylation sites (N-methyl/N-ethyl adjacent to an activating group) is 1. The maximum absolute atomic E-state index is 13.1. The monoisotopic (exact) mass is 479 g/mol. The van der Waals surface area contributed by atoms with Crippen molar-refractivity contribution in [1.82, 2.24) is 14.7 Å². The Bertz CT molecular complexity index is 1080. The van der Waals surface area contributed by atoms with E-state index in [2.05, 4.69) is 0 Å². The van der Waals surface area contributed by atoms with Crippen LogP contribution in [0, 0.1) is 0 Å². The highest BCUT2D eigenvalue weighted by atomic mass is 32.2. The van der Waals surface area contributed by atoms with Crippen LogP contribution >= 0.6 is 11.8 Å². The summed E-state index contributed by atoms with van der Waals surface area (Å²) >= 11 is 0.836. The van der Waals surface area contributed by atoms with E-state index >= 15 is 0 Å². The molecule has 0 saturated carbocycles. The van der Waals surface area contributed by atoms with Crippen LogP contribution in [0.5, 0.6) is 11.5 Å². The Labute approximate surface area is 189 Å². The van der Waals surface area contributed by atoms with Gasteiger partial charge in [0.2, 0.25) is 15.9 Å². The van der Waals surface area contributed by atoms with Gasteiger partial charge < -0.3 is 4.74 Å². The molecule has 2 aromatic rings. The molecule has 1 heterocycles. The van der Waals surface area contributed by atoms with Gasteiger partial charge >= 0.3 is 0 Å². The van der Waals surface area contributed by atoms with Crippen LogP contribution in [-0.2, 0) is 19.6 Å². The maximum atomic E-state index is 13.1. The fourth-order valence-electron chi connectivity index (χ4n) is 3.04. The minimum absolute atomic E-state index is 0.00123. The molecule has 1 atom stereocenters. The van der Waals surface area contributed by atoms with Gasteiger partial charge in [-0.25, -0.2) is 13.9 Å². The topological polar surface area (TPSA) is 133 Å². The van der Waals surface area contributed by atoms with Crippen LogP contribution in [0.1, 0.15) is 6.42 Å². The lowest BCUT2D eigenvalue weighted by atomic mass is 10.2. The van der Waals surface area contributed by atoms with Gasteiger partial charge in [-0.3, -0.25) is 24.5 Å². The lowest BCUT2D eigenvalue weighted by molar-refractivity contribution is -0.133. The first-order valence-corrected chi connectivity index (χ1v) is 11.9. The van der Waals surface area contributed by atoms with E-state index in [1.54, 1.807) is 24.3 Å². The van der Waals surface area contributed by atoms with E-state index in [-0.39, 0.29) is 23.6 Å². The van der Waals surface area contributed by atoms with Gasteiger partial charge in [0.05, 0.1) is 10.6 Å². The summed E-state index contributed by atoms with van der Waals surface area (Å²) in [4.78, 5) is 36.6. The number of rotatable bonds is 9. The number of para-hydroxylation sites is 1. The number of amides is 3. The first kappa shape index (κ1) is 23.7. The molecule has 2 aromatic carbocycles. The number of ether oxygens (including phenoxy) is 1. The zero-order valence-electron chi connectivity index (χ0n) is 17.0.